The van der Waals surface area contributed by atoms with E-state index in [0.29, 0.717) is 12.0 Å². The molecular formula is C18H30N2O. The first kappa shape index (κ1) is 16.3. The number of hydrogen-bond donors (Lipinski definition) is 1. The third-order valence-electron chi connectivity index (χ3n) is 4.42. The van der Waals surface area contributed by atoms with Crippen LogP contribution in [0.25, 0.3) is 0 Å². The van der Waals surface area contributed by atoms with Gasteiger partial charge in [0.15, 0.2) is 0 Å². The van der Waals surface area contributed by atoms with Crippen LogP contribution in [0.15, 0.2) is 24.3 Å². The van der Waals surface area contributed by atoms with Gasteiger partial charge in [-0.05, 0) is 70.1 Å². The molecule has 118 valence electrons. The molecule has 1 fully saturated rings. The molecule has 2 atom stereocenters. The molecule has 1 saturated heterocycles. The van der Waals surface area contributed by atoms with Crippen molar-refractivity contribution in [2.75, 3.05) is 33.3 Å². The van der Waals surface area contributed by atoms with Crippen molar-refractivity contribution in [2.24, 2.45) is 5.92 Å². The van der Waals surface area contributed by atoms with E-state index in [1.54, 1.807) is 0 Å². The van der Waals surface area contributed by atoms with E-state index in [9.17, 15) is 0 Å². The quantitative estimate of drug-likeness (QED) is 0.868. The predicted molar refractivity (Wildman–Crippen MR) is 88.9 cm³/mol. The summed E-state index contributed by atoms with van der Waals surface area (Å²) in [6, 6.07) is 9.17. The van der Waals surface area contributed by atoms with Gasteiger partial charge in [0.05, 0.1) is 6.61 Å². The molecule has 3 nitrogen and oxygen atoms in total. The molecule has 1 aliphatic rings. The monoisotopic (exact) mass is 290 g/mol. The van der Waals surface area contributed by atoms with Crippen molar-refractivity contribution in [3.8, 4) is 5.75 Å². The maximum Gasteiger partial charge on any atom is 0.119 e. The van der Waals surface area contributed by atoms with Crippen molar-refractivity contribution >= 4 is 0 Å². The summed E-state index contributed by atoms with van der Waals surface area (Å²) in [6.45, 7) is 8.29. The highest BCUT2D eigenvalue weighted by atomic mass is 16.5. The Kier molecular flexibility index (Phi) is 6.52. The van der Waals surface area contributed by atoms with E-state index in [1.165, 1.54) is 31.4 Å². The summed E-state index contributed by atoms with van der Waals surface area (Å²) in [5.41, 5.74) is 1.40. The number of nitrogens with zero attached hydrogens (tertiary/aromatic N) is 1. The van der Waals surface area contributed by atoms with Crippen LogP contribution < -0.4 is 10.1 Å². The van der Waals surface area contributed by atoms with Gasteiger partial charge in [-0.1, -0.05) is 25.5 Å². The average molecular weight is 290 g/mol. The molecule has 21 heavy (non-hydrogen) atoms. The van der Waals surface area contributed by atoms with Crippen LogP contribution >= 0.6 is 0 Å². The Bertz CT molecular complexity index is 421. The summed E-state index contributed by atoms with van der Waals surface area (Å²) in [5.74, 6) is 1.67. The summed E-state index contributed by atoms with van der Waals surface area (Å²) < 4.78 is 5.69. The van der Waals surface area contributed by atoms with Crippen molar-refractivity contribution in [1.82, 2.24) is 10.2 Å². The standard InChI is InChI=1S/C18H30N2O/c1-4-19-14-16-9-6-7-12-20(3)18(16)15-10-8-11-17(13-15)21-5-2/h8,10-11,13,16,18-19H,4-7,9,12,14H2,1-3H3. The molecule has 0 radical (unpaired) electrons. The van der Waals surface area contributed by atoms with Crippen LogP contribution in [-0.4, -0.2) is 38.2 Å². The molecule has 0 aliphatic carbocycles. The lowest BCUT2D eigenvalue weighted by molar-refractivity contribution is 0.189. The number of hydrogen-bond acceptors (Lipinski definition) is 3. The Morgan fingerprint density at radius 2 is 2.14 bits per heavy atom. The van der Waals surface area contributed by atoms with E-state index in [-0.39, 0.29) is 0 Å². The van der Waals surface area contributed by atoms with Crippen molar-refractivity contribution < 1.29 is 4.74 Å². The van der Waals surface area contributed by atoms with Crippen molar-refractivity contribution in [3.05, 3.63) is 29.8 Å². The highest BCUT2D eigenvalue weighted by Gasteiger charge is 2.28. The zero-order valence-electron chi connectivity index (χ0n) is 13.8. The lowest BCUT2D eigenvalue weighted by atomic mass is 9.89. The number of benzene rings is 1. The molecule has 1 N–H and O–H groups in total. The minimum absolute atomic E-state index is 0.493. The van der Waals surface area contributed by atoms with Gasteiger partial charge in [-0.25, -0.2) is 0 Å². The molecule has 1 aromatic rings. The molecule has 1 aliphatic heterocycles. The van der Waals surface area contributed by atoms with Gasteiger partial charge in [0.1, 0.15) is 5.75 Å². The van der Waals surface area contributed by atoms with Gasteiger partial charge in [-0.3, -0.25) is 4.90 Å². The minimum Gasteiger partial charge on any atom is -0.494 e. The van der Waals surface area contributed by atoms with E-state index in [4.69, 9.17) is 4.74 Å². The first-order chi connectivity index (χ1) is 10.3. The largest absolute Gasteiger partial charge is 0.494 e. The van der Waals surface area contributed by atoms with E-state index in [2.05, 4.69) is 48.5 Å². The first-order valence-corrected chi connectivity index (χ1v) is 8.40. The summed E-state index contributed by atoms with van der Waals surface area (Å²) in [4.78, 5) is 2.53. The van der Waals surface area contributed by atoms with Gasteiger partial charge >= 0.3 is 0 Å². The number of likely N-dealkylation sites (tertiary alicyclic amines) is 1. The van der Waals surface area contributed by atoms with E-state index in [1.807, 2.05) is 6.92 Å². The van der Waals surface area contributed by atoms with E-state index in [0.717, 1.165) is 25.4 Å². The lowest BCUT2D eigenvalue weighted by Crippen LogP contribution is -2.34. The van der Waals surface area contributed by atoms with Gasteiger partial charge in [0, 0.05) is 6.04 Å². The Morgan fingerprint density at radius 1 is 1.29 bits per heavy atom. The van der Waals surface area contributed by atoms with Gasteiger partial charge in [-0.2, -0.15) is 0 Å². The zero-order valence-corrected chi connectivity index (χ0v) is 13.8. The number of ether oxygens (including phenoxy) is 1. The minimum atomic E-state index is 0.493. The van der Waals surface area contributed by atoms with Crippen LogP contribution in [0.4, 0.5) is 0 Å². The second kappa shape index (κ2) is 8.40. The van der Waals surface area contributed by atoms with E-state index >= 15 is 0 Å². The molecule has 3 heteroatoms. The molecule has 0 saturated carbocycles. The summed E-state index contributed by atoms with van der Waals surface area (Å²) >= 11 is 0. The second-order valence-corrected chi connectivity index (χ2v) is 5.99. The lowest BCUT2D eigenvalue weighted by Gasteiger charge is -2.33. The van der Waals surface area contributed by atoms with Gasteiger partial charge in [0.2, 0.25) is 0 Å². The smallest absolute Gasteiger partial charge is 0.119 e. The third-order valence-corrected chi connectivity index (χ3v) is 4.42. The van der Waals surface area contributed by atoms with Crippen LogP contribution in [-0.2, 0) is 0 Å². The second-order valence-electron chi connectivity index (χ2n) is 5.99. The highest BCUT2D eigenvalue weighted by molar-refractivity contribution is 5.31. The third kappa shape index (κ3) is 4.45. The summed E-state index contributed by atoms with van der Waals surface area (Å²) in [6.07, 6.45) is 3.95. The highest BCUT2D eigenvalue weighted by Crippen LogP contribution is 2.35. The van der Waals surface area contributed by atoms with Gasteiger partial charge < -0.3 is 10.1 Å². The summed E-state index contributed by atoms with van der Waals surface area (Å²) in [5, 5.41) is 3.55. The number of rotatable bonds is 6. The first-order valence-electron chi connectivity index (χ1n) is 8.40. The van der Waals surface area contributed by atoms with Crippen LogP contribution in [0, 0.1) is 5.92 Å². The number of nitrogens with one attached hydrogen (secondary N) is 1. The Morgan fingerprint density at radius 3 is 2.90 bits per heavy atom. The fraction of sp³-hybridized carbons (Fsp3) is 0.667. The van der Waals surface area contributed by atoms with Crippen molar-refractivity contribution in [1.29, 1.82) is 0 Å². The van der Waals surface area contributed by atoms with Crippen LogP contribution in [0.2, 0.25) is 0 Å². The molecule has 0 spiro atoms. The fourth-order valence-corrected chi connectivity index (χ4v) is 3.45. The molecule has 1 aromatic carbocycles. The van der Waals surface area contributed by atoms with Crippen LogP contribution in [0.5, 0.6) is 5.75 Å². The summed E-state index contributed by atoms with van der Waals surface area (Å²) in [7, 11) is 2.27. The topological polar surface area (TPSA) is 24.5 Å². The zero-order chi connectivity index (χ0) is 15.1. The molecule has 0 amide bonds. The molecule has 1 heterocycles. The maximum atomic E-state index is 5.69. The van der Waals surface area contributed by atoms with E-state index < -0.39 is 0 Å². The Labute approximate surface area is 129 Å². The molecule has 2 unspecified atom stereocenters. The molecule has 0 aromatic heterocycles. The maximum absolute atomic E-state index is 5.69. The van der Waals surface area contributed by atoms with Crippen LogP contribution in [0.1, 0.15) is 44.7 Å². The SMILES string of the molecule is CCNCC1CCCCN(C)C1c1cccc(OCC)c1. The van der Waals surface area contributed by atoms with Crippen molar-refractivity contribution in [2.45, 2.75) is 39.2 Å². The Hall–Kier alpha value is -1.06. The molecule has 2 rings (SSSR count). The van der Waals surface area contributed by atoms with Gasteiger partial charge in [-0.15, -0.1) is 0 Å². The average Bonchev–Trinajstić information content (AvgIpc) is 2.67. The molecule has 0 bridgehead atoms. The van der Waals surface area contributed by atoms with Gasteiger partial charge in [0.25, 0.3) is 0 Å². The van der Waals surface area contributed by atoms with Crippen LogP contribution in [0.3, 0.4) is 0 Å². The normalized spacial score (nSPS) is 23.8. The predicted octanol–water partition coefficient (Wildman–Crippen LogP) is 3.47. The Balaban J connectivity index is 2.22. The van der Waals surface area contributed by atoms with Crippen molar-refractivity contribution in [3.63, 3.8) is 0 Å². The fourth-order valence-electron chi connectivity index (χ4n) is 3.45. The molecular weight excluding hydrogens is 260 g/mol.